The summed E-state index contributed by atoms with van der Waals surface area (Å²) in [6.07, 6.45) is 8.30. The van der Waals surface area contributed by atoms with E-state index in [2.05, 4.69) is 15.3 Å². The summed E-state index contributed by atoms with van der Waals surface area (Å²) < 4.78 is 0. The Balaban J connectivity index is 1.65. The molecule has 0 atom stereocenters. The minimum absolute atomic E-state index is 0.00534. The predicted molar refractivity (Wildman–Crippen MR) is 91.6 cm³/mol. The zero-order valence-corrected chi connectivity index (χ0v) is 12.4. The lowest BCUT2D eigenvalue weighted by atomic mass is 10.1. The van der Waals surface area contributed by atoms with E-state index >= 15 is 0 Å². The van der Waals surface area contributed by atoms with Gasteiger partial charge in [0.15, 0.2) is 5.78 Å². The molecule has 0 spiro atoms. The van der Waals surface area contributed by atoms with Crippen LogP contribution in [0.1, 0.15) is 15.9 Å². The zero-order chi connectivity index (χ0) is 15.9. The van der Waals surface area contributed by atoms with E-state index in [-0.39, 0.29) is 5.78 Å². The molecule has 0 radical (unpaired) electrons. The largest absolute Gasteiger partial charge is 0.353 e. The number of allylic oxidation sites excluding steroid dienone is 1. The van der Waals surface area contributed by atoms with Gasteiger partial charge in [0.2, 0.25) is 0 Å². The molecule has 0 saturated carbocycles. The molecular weight excluding hydrogens is 286 g/mol. The highest BCUT2D eigenvalue weighted by Gasteiger charge is 1.99. The lowest BCUT2D eigenvalue weighted by molar-refractivity contribution is 0.104. The fourth-order valence-electron chi connectivity index (χ4n) is 2.08. The Hall–Kier alpha value is -3.27. The van der Waals surface area contributed by atoms with Gasteiger partial charge in [-0.3, -0.25) is 4.79 Å². The summed E-state index contributed by atoms with van der Waals surface area (Å²) in [4.78, 5) is 19.9. The highest BCUT2D eigenvalue weighted by atomic mass is 16.1. The van der Waals surface area contributed by atoms with Gasteiger partial charge in [-0.15, -0.1) is 0 Å². The molecule has 3 rings (SSSR count). The van der Waals surface area contributed by atoms with Crippen molar-refractivity contribution < 1.29 is 4.79 Å². The first-order chi connectivity index (χ1) is 11.3. The van der Waals surface area contributed by atoms with Gasteiger partial charge in [-0.25, -0.2) is 9.97 Å². The Bertz CT molecular complexity index is 797. The van der Waals surface area contributed by atoms with Gasteiger partial charge < -0.3 is 5.32 Å². The lowest BCUT2D eigenvalue weighted by Crippen LogP contribution is -1.93. The van der Waals surface area contributed by atoms with Crippen LogP contribution in [0, 0.1) is 0 Å². The Morgan fingerprint density at radius 2 is 1.57 bits per heavy atom. The van der Waals surface area contributed by atoms with Crippen molar-refractivity contribution in [2.24, 2.45) is 0 Å². The normalized spacial score (nSPS) is 10.6. The summed E-state index contributed by atoms with van der Waals surface area (Å²) in [6, 6.07) is 17.0. The minimum atomic E-state index is -0.00534. The molecule has 0 saturated heterocycles. The third-order valence-electron chi connectivity index (χ3n) is 3.25. The molecule has 0 aliphatic heterocycles. The molecular formula is C19H15N3O. The van der Waals surface area contributed by atoms with E-state index in [1.165, 1.54) is 6.33 Å². The number of aromatic nitrogens is 2. The van der Waals surface area contributed by atoms with Gasteiger partial charge in [0.1, 0.15) is 6.33 Å². The van der Waals surface area contributed by atoms with E-state index < -0.39 is 0 Å². The molecule has 0 unspecified atom stereocenters. The fourth-order valence-corrected chi connectivity index (χ4v) is 2.08. The molecule has 23 heavy (non-hydrogen) atoms. The molecule has 112 valence electrons. The first-order valence-corrected chi connectivity index (χ1v) is 7.21. The monoisotopic (exact) mass is 301 g/mol. The molecule has 0 bridgehead atoms. The maximum atomic E-state index is 12.0. The zero-order valence-electron chi connectivity index (χ0n) is 12.4. The topological polar surface area (TPSA) is 54.9 Å². The van der Waals surface area contributed by atoms with Crippen LogP contribution in [0.5, 0.6) is 0 Å². The summed E-state index contributed by atoms with van der Waals surface area (Å²) in [6.45, 7) is 0. The van der Waals surface area contributed by atoms with Crippen molar-refractivity contribution in [3.63, 3.8) is 0 Å². The average molecular weight is 301 g/mol. The van der Waals surface area contributed by atoms with Gasteiger partial charge in [0.05, 0.1) is 18.1 Å². The van der Waals surface area contributed by atoms with Crippen molar-refractivity contribution in [3.8, 4) is 0 Å². The van der Waals surface area contributed by atoms with Crippen molar-refractivity contribution in [1.82, 2.24) is 9.97 Å². The van der Waals surface area contributed by atoms with E-state index in [0.717, 1.165) is 16.9 Å². The van der Waals surface area contributed by atoms with Crippen molar-refractivity contribution in [2.45, 2.75) is 0 Å². The molecule has 4 heteroatoms. The summed E-state index contributed by atoms with van der Waals surface area (Å²) in [5.41, 5.74) is 3.41. The number of hydrogen-bond acceptors (Lipinski definition) is 4. The number of hydrogen-bond donors (Lipinski definition) is 1. The maximum Gasteiger partial charge on any atom is 0.185 e. The third-order valence-corrected chi connectivity index (χ3v) is 3.25. The summed E-state index contributed by atoms with van der Waals surface area (Å²) >= 11 is 0. The highest BCUT2D eigenvalue weighted by Crippen LogP contribution is 2.16. The van der Waals surface area contributed by atoms with Crippen LogP contribution in [-0.4, -0.2) is 15.8 Å². The lowest BCUT2D eigenvalue weighted by Gasteiger charge is -2.05. The van der Waals surface area contributed by atoms with Gasteiger partial charge in [-0.2, -0.15) is 0 Å². The van der Waals surface area contributed by atoms with Crippen molar-refractivity contribution in [2.75, 3.05) is 5.32 Å². The number of benzene rings is 2. The molecule has 3 aromatic rings. The second-order valence-corrected chi connectivity index (χ2v) is 4.94. The molecule has 2 aromatic carbocycles. The van der Waals surface area contributed by atoms with Gasteiger partial charge >= 0.3 is 0 Å². The first-order valence-electron chi connectivity index (χ1n) is 7.21. The number of carbonyl (C=O) groups is 1. The van der Waals surface area contributed by atoms with Crippen LogP contribution in [-0.2, 0) is 0 Å². The molecule has 1 heterocycles. The number of carbonyl (C=O) groups excluding carboxylic acids is 1. The minimum Gasteiger partial charge on any atom is -0.353 e. The van der Waals surface area contributed by atoms with Crippen LogP contribution in [0.15, 0.2) is 79.4 Å². The first kappa shape index (κ1) is 14.7. The van der Waals surface area contributed by atoms with Crippen LogP contribution in [0.3, 0.4) is 0 Å². The summed E-state index contributed by atoms with van der Waals surface area (Å²) in [5.74, 6) is -0.00534. The Labute approximate surface area is 134 Å². The summed E-state index contributed by atoms with van der Waals surface area (Å²) in [7, 11) is 0. The number of ketones is 1. The molecule has 0 amide bonds. The molecule has 1 N–H and O–H groups in total. The fraction of sp³-hybridized carbons (Fsp3) is 0. The molecule has 0 fully saturated rings. The number of nitrogens with one attached hydrogen (secondary N) is 1. The number of rotatable bonds is 5. The third kappa shape index (κ3) is 4.11. The molecule has 1 aromatic heterocycles. The van der Waals surface area contributed by atoms with Crippen LogP contribution >= 0.6 is 0 Å². The van der Waals surface area contributed by atoms with E-state index in [4.69, 9.17) is 0 Å². The van der Waals surface area contributed by atoms with Crippen LogP contribution in [0.25, 0.3) is 6.08 Å². The van der Waals surface area contributed by atoms with E-state index in [1.54, 1.807) is 18.5 Å². The van der Waals surface area contributed by atoms with Gasteiger partial charge in [-0.1, -0.05) is 48.5 Å². The Morgan fingerprint density at radius 3 is 2.26 bits per heavy atom. The number of anilines is 2. The molecule has 0 aliphatic rings. The van der Waals surface area contributed by atoms with Gasteiger partial charge in [-0.05, 0) is 23.8 Å². The van der Waals surface area contributed by atoms with Crippen molar-refractivity contribution in [1.29, 1.82) is 0 Å². The number of nitrogens with zero attached hydrogens (tertiary/aromatic N) is 2. The average Bonchev–Trinajstić information content (AvgIpc) is 2.62. The van der Waals surface area contributed by atoms with E-state index in [0.29, 0.717) is 5.56 Å². The summed E-state index contributed by atoms with van der Waals surface area (Å²) in [5, 5.41) is 3.21. The highest BCUT2D eigenvalue weighted by molar-refractivity contribution is 6.06. The second-order valence-electron chi connectivity index (χ2n) is 4.94. The predicted octanol–water partition coefficient (Wildman–Crippen LogP) is 4.12. The quantitative estimate of drug-likeness (QED) is 0.569. The van der Waals surface area contributed by atoms with Crippen LogP contribution < -0.4 is 5.32 Å². The standard InChI is InChI=1S/C19H15N3O/c23-19(16-4-2-1-3-5-16)11-8-15-6-9-17(10-7-15)22-18-12-20-14-21-13-18/h1-14,22H. The Morgan fingerprint density at radius 1 is 0.870 bits per heavy atom. The molecule has 0 aliphatic carbocycles. The van der Waals surface area contributed by atoms with Crippen molar-refractivity contribution >= 4 is 23.2 Å². The Kier molecular flexibility index (Phi) is 4.55. The van der Waals surface area contributed by atoms with Gasteiger partial charge in [0, 0.05) is 11.3 Å². The smallest absolute Gasteiger partial charge is 0.185 e. The van der Waals surface area contributed by atoms with Crippen LogP contribution in [0.4, 0.5) is 11.4 Å². The maximum absolute atomic E-state index is 12.0. The van der Waals surface area contributed by atoms with E-state index in [9.17, 15) is 4.79 Å². The van der Waals surface area contributed by atoms with Gasteiger partial charge in [0.25, 0.3) is 0 Å². The molecule has 4 nitrogen and oxygen atoms in total. The second kappa shape index (κ2) is 7.13. The van der Waals surface area contributed by atoms with E-state index in [1.807, 2.05) is 60.7 Å². The SMILES string of the molecule is O=C(C=Cc1ccc(Nc2cncnc2)cc1)c1ccccc1. The van der Waals surface area contributed by atoms with Crippen molar-refractivity contribution in [3.05, 3.63) is 90.5 Å². The van der Waals surface area contributed by atoms with Crippen LogP contribution in [0.2, 0.25) is 0 Å².